The zero-order valence-electron chi connectivity index (χ0n) is 9.53. The van der Waals surface area contributed by atoms with E-state index in [1.54, 1.807) is 11.3 Å². The Hall–Kier alpha value is -0.940. The van der Waals surface area contributed by atoms with Crippen molar-refractivity contribution < 1.29 is 9.53 Å². The van der Waals surface area contributed by atoms with Crippen molar-refractivity contribution in [2.45, 2.75) is 19.8 Å². The topological polar surface area (TPSA) is 51.2 Å². The summed E-state index contributed by atoms with van der Waals surface area (Å²) in [6, 6.07) is 0. The van der Waals surface area contributed by atoms with Crippen LogP contribution < -0.4 is 5.32 Å². The highest BCUT2D eigenvalue weighted by Gasteiger charge is 2.36. The van der Waals surface area contributed by atoms with Crippen molar-refractivity contribution in [2.75, 3.05) is 19.7 Å². The Morgan fingerprint density at radius 3 is 3.12 bits per heavy atom. The predicted octanol–water partition coefficient (Wildman–Crippen LogP) is 1.32. The maximum Gasteiger partial charge on any atom is 0.310 e. The van der Waals surface area contributed by atoms with Gasteiger partial charge in [-0.15, -0.1) is 11.3 Å². The smallest absolute Gasteiger partial charge is 0.310 e. The van der Waals surface area contributed by atoms with E-state index in [0.717, 1.165) is 12.2 Å². The van der Waals surface area contributed by atoms with E-state index in [0.29, 0.717) is 13.2 Å². The van der Waals surface area contributed by atoms with Gasteiger partial charge in [-0.25, -0.2) is 4.98 Å². The highest BCUT2D eigenvalue weighted by Crippen LogP contribution is 2.33. The van der Waals surface area contributed by atoms with Crippen molar-refractivity contribution in [1.82, 2.24) is 10.3 Å². The van der Waals surface area contributed by atoms with E-state index in [1.807, 2.05) is 19.4 Å². The third kappa shape index (κ3) is 2.10. The van der Waals surface area contributed by atoms with Crippen LogP contribution in [-0.2, 0) is 9.53 Å². The summed E-state index contributed by atoms with van der Waals surface area (Å²) >= 11 is 1.63. The highest BCUT2D eigenvalue weighted by molar-refractivity contribution is 7.09. The van der Waals surface area contributed by atoms with Gasteiger partial charge in [0, 0.05) is 23.9 Å². The van der Waals surface area contributed by atoms with Crippen molar-refractivity contribution in [3.8, 4) is 0 Å². The van der Waals surface area contributed by atoms with Gasteiger partial charge < -0.3 is 10.1 Å². The molecule has 0 spiro atoms. The molecule has 0 amide bonds. The second-order valence-electron chi connectivity index (χ2n) is 3.93. The molecule has 1 aromatic rings. The largest absolute Gasteiger partial charge is 0.466 e. The molecular weight excluding hydrogens is 224 g/mol. The summed E-state index contributed by atoms with van der Waals surface area (Å²) in [4.78, 5) is 17.2. The van der Waals surface area contributed by atoms with Crippen LogP contribution in [0.5, 0.6) is 0 Å². The van der Waals surface area contributed by atoms with Crippen LogP contribution in [0.15, 0.2) is 5.51 Å². The van der Waals surface area contributed by atoms with Crippen molar-refractivity contribution in [1.29, 1.82) is 0 Å². The minimum absolute atomic E-state index is 0.0564. The first-order valence-corrected chi connectivity index (χ1v) is 6.39. The Kier molecular flexibility index (Phi) is 3.56. The molecule has 5 heteroatoms. The van der Waals surface area contributed by atoms with Gasteiger partial charge in [-0.1, -0.05) is 0 Å². The van der Waals surface area contributed by atoms with E-state index in [1.165, 1.54) is 4.88 Å². The molecule has 2 unspecified atom stereocenters. The number of rotatable bonds is 3. The van der Waals surface area contributed by atoms with Crippen molar-refractivity contribution >= 4 is 17.3 Å². The Balaban J connectivity index is 2.15. The van der Waals surface area contributed by atoms with Gasteiger partial charge >= 0.3 is 5.97 Å². The minimum Gasteiger partial charge on any atom is -0.466 e. The number of carbonyl (C=O) groups excluding carboxylic acids is 1. The maximum atomic E-state index is 11.8. The third-order valence-electron chi connectivity index (χ3n) is 2.92. The SMILES string of the molecule is CCOC(=O)C1CNCC1c1scnc1C. The molecule has 2 atom stereocenters. The minimum atomic E-state index is -0.0923. The summed E-state index contributed by atoms with van der Waals surface area (Å²) in [6.07, 6.45) is 0. The summed E-state index contributed by atoms with van der Waals surface area (Å²) in [5, 5.41) is 3.26. The highest BCUT2D eigenvalue weighted by atomic mass is 32.1. The molecule has 1 saturated heterocycles. The summed E-state index contributed by atoms with van der Waals surface area (Å²) < 4.78 is 5.10. The van der Waals surface area contributed by atoms with Crippen LogP contribution >= 0.6 is 11.3 Å². The van der Waals surface area contributed by atoms with Crippen LogP contribution in [0.4, 0.5) is 0 Å². The van der Waals surface area contributed by atoms with Crippen LogP contribution in [0.2, 0.25) is 0 Å². The monoisotopic (exact) mass is 240 g/mol. The molecule has 0 radical (unpaired) electrons. The molecule has 1 N–H and O–H groups in total. The molecule has 0 saturated carbocycles. The van der Waals surface area contributed by atoms with Crippen LogP contribution in [0.1, 0.15) is 23.4 Å². The fraction of sp³-hybridized carbons (Fsp3) is 0.636. The lowest BCUT2D eigenvalue weighted by molar-refractivity contribution is -0.147. The quantitative estimate of drug-likeness (QED) is 0.810. The molecule has 1 aromatic heterocycles. The van der Waals surface area contributed by atoms with Gasteiger partial charge in [-0.05, 0) is 13.8 Å². The number of aromatic nitrogens is 1. The fourth-order valence-corrected chi connectivity index (χ4v) is 3.09. The lowest BCUT2D eigenvalue weighted by atomic mass is 9.94. The van der Waals surface area contributed by atoms with Crippen LogP contribution in [0, 0.1) is 12.8 Å². The van der Waals surface area contributed by atoms with E-state index in [9.17, 15) is 4.79 Å². The van der Waals surface area contributed by atoms with Crippen LogP contribution in [0.3, 0.4) is 0 Å². The first kappa shape index (κ1) is 11.5. The Morgan fingerprint density at radius 2 is 2.50 bits per heavy atom. The Morgan fingerprint density at radius 1 is 1.69 bits per heavy atom. The molecule has 1 fully saturated rings. The number of ether oxygens (including phenoxy) is 1. The number of esters is 1. The second kappa shape index (κ2) is 4.93. The normalized spacial score (nSPS) is 24.6. The van der Waals surface area contributed by atoms with Crippen molar-refractivity contribution in [3.63, 3.8) is 0 Å². The number of carbonyl (C=O) groups is 1. The number of aryl methyl sites for hydroxylation is 1. The molecular formula is C11H16N2O2S. The molecule has 2 heterocycles. The molecule has 2 rings (SSSR count). The second-order valence-corrected chi connectivity index (χ2v) is 4.81. The molecule has 1 aliphatic heterocycles. The van der Waals surface area contributed by atoms with Gasteiger partial charge in [0.1, 0.15) is 0 Å². The number of nitrogens with one attached hydrogen (secondary N) is 1. The fourth-order valence-electron chi connectivity index (χ4n) is 2.12. The summed E-state index contributed by atoms with van der Waals surface area (Å²) in [5.74, 6) is 0.0796. The lowest BCUT2D eigenvalue weighted by Crippen LogP contribution is -2.24. The van der Waals surface area contributed by atoms with E-state index >= 15 is 0 Å². The van der Waals surface area contributed by atoms with E-state index in [-0.39, 0.29) is 17.8 Å². The van der Waals surface area contributed by atoms with Crippen LogP contribution in [0.25, 0.3) is 0 Å². The summed E-state index contributed by atoms with van der Waals surface area (Å²) in [7, 11) is 0. The molecule has 4 nitrogen and oxygen atoms in total. The van der Waals surface area contributed by atoms with Gasteiger partial charge in [0.2, 0.25) is 0 Å². The average Bonchev–Trinajstić information content (AvgIpc) is 2.85. The predicted molar refractivity (Wildman–Crippen MR) is 62.6 cm³/mol. The van der Waals surface area contributed by atoms with E-state index in [2.05, 4.69) is 10.3 Å². The van der Waals surface area contributed by atoms with E-state index in [4.69, 9.17) is 4.74 Å². The summed E-state index contributed by atoms with van der Waals surface area (Å²) in [6.45, 7) is 5.83. The lowest BCUT2D eigenvalue weighted by Gasteiger charge is -2.16. The molecule has 88 valence electrons. The Bertz CT molecular complexity index is 378. The van der Waals surface area contributed by atoms with Gasteiger partial charge in [-0.3, -0.25) is 4.79 Å². The zero-order valence-corrected chi connectivity index (χ0v) is 10.3. The first-order chi connectivity index (χ1) is 7.74. The van der Waals surface area contributed by atoms with E-state index < -0.39 is 0 Å². The van der Waals surface area contributed by atoms with Gasteiger partial charge in [0.25, 0.3) is 0 Å². The van der Waals surface area contributed by atoms with Gasteiger partial charge in [-0.2, -0.15) is 0 Å². The van der Waals surface area contributed by atoms with Gasteiger partial charge in [0.05, 0.1) is 23.7 Å². The number of hydrogen-bond acceptors (Lipinski definition) is 5. The van der Waals surface area contributed by atoms with Gasteiger partial charge in [0.15, 0.2) is 0 Å². The summed E-state index contributed by atoms with van der Waals surface area (Å²) in [5.41, 5.74) is 2.87. The molecule has 1 aliphatic rings. The molecule has 0 aliphatic carbocycles. The molecule has 0 bridgehead atoms. The third-order valence-corrected chi connectivity index (χ3v) is 3.99. The van der Waals surface area contributed by atoms with Crippen molar-refractivity contribution in [2.24, 2.45) is 5.92 Å². The average molecular weight is 240 g/mol. The number of thiazole rings is 1. The molecule has 16 heavy (non-hydrogen) atoms. The first-order valence-electron chi connectivity index (χ1n) is 5.51. The Labute approximate surface area is 99.0 Å². The standard InChI is InChI=1S/C11H16N2O2S/c1-3-15-11(14)9-5-12-4-8(9)10-7(2)13-6-16-10/h6,8-9,12H,3-5H2,1-2H3. The number of nitrogens with zero attached hydrogens (tertiary/aromatic N) is 1. The number of hydrogen-bond donors (Lipinski definition) is 1. The van der Waals surface area contributed by atoms with Crippen molar-refractivity contribution in [3.05, 3.63) is 16.1 Å². The maximum absolute atomic E-state index is 11.8. The zero-order chi connectivity index (χ0) is 11.5. The molecule has 0 aromatic carbocycles. The van der Waals surface area contributed by atoms with Crippen LogP contribution in [-0.4, -0.2) is 30.6 Å².